The van der Waals surface area contributed by atoms with Crippen LogP contribution in [-0.2, 0) is 16.6 Å². The first kappa shape index (κ1) is 16.7. The van der Waals surface area contributed by atoms with Gasteiger partial charge in [-0.1, -0.05) is 17.4 Å². The van der Waals surface area contributed by atoms with Crippen LogP contribution in [0.25, 0.3) is 10.2 Å². The molecule has 126 valence electrons. The number of anilines is 1. The second kappa shape index (κ2) is 6.07. The average Bonchev–Trinajstić information content (AvgIpc) is 2.79. The molecular formula is C17H18N2O3S2. The highest BCUT2D eigenvalue weighted by molar-refractivity contribution is 7.92. The second-order valence-corrected chi connectivity index (χ2v) is 8.40. The van der Waals surface area contributed by atoms with Crippen molar-refractivity contribution in [2.45, 2.75) is 32.2 Å². The van der Waals surface area contributed by atoms with Gasteiger partial charge in [0.25, 0.3) is 10.0 Å². The van der Waals surface area contributed by atoms with Crippen LogP contribution in [0.4, 0.5) is 5.69 Å². The van der Waals surface area contributed by atoms with Crippen LogP contribution in [0.5, 0.6) is 0 Å². The highest BCUT2D eigenvalue weighted by atomic mass is 32.2. The molecule has 0 aliphatic rings. The minimum absolute atomic E-state index is 0.0793. The first-order valence-corrected chi connectivity index (χ1v) is 9.84. The third-order valence-electron chi connectivity index (χ3n) is 3.74. The lowest BCUT2D eigenvalue weighted by Crippen LogP contribution is -2.13. The molecule has 0 unspecified atom stereocenters. The summed E-state index contributed by atoms with van der Waals surface area (Å²) in [4.78, 5) is 12.0. The van der Waals surface area contributed by atoms with Gasteiger partial charge in [0, 0.05) is 12.2 Å². The molecule has 0 saturated carbocycles. The number of rotatable bonds is 4. The summed E-state index contributed by atoms with van der Waals surface area (Å²) in [6.45, 7) is 6.29. The molecule has 0 amide bonds. The topological polar surface area (TPSA) is 68.2 Å². The summed E-state index contributed by atoms with van der Waals surface area (Å²) in [6, 6.07) is 10.3. The van der Waals surface area contributed by atoms with Gasteiger partial charge in [-0.2, -0.15) is 0 Å². The van der Waals surface area contributed by atoms with Gasteiger partial charge in [0.05, 0.1) is 15.1 Å². The minimum atomic E-state index is -3.70. The highest BCUT2D eigenvalue weighted by Gasteiger charge is 2.17. The summed E-state index contributed by atoms with van der Waals surface area (Å²) in [5.74, 6) is 0. The van der Waals surface area contributed by atoms with E-state index in [0.717, 1.165) is 28.0 Å². The zero-order valence-electron chi connectivity index (χ0n) is 13.7. The van der Waals surface area contributed by atoms with E-state index in [1.165, 1.54) is 6.07 Å². The maximum atomic E-state index is 12.6. The van der Waals surface area contributed by atoms with Crippen LogP contribution in [0.3, 0.4) is 0 Å². The predicted octanol–water partition coefficient (Wildman–Crippen LogP) is 3.50. The molecule has 0 radical (unpaired) electrons. The van der Waals surface area contributed by atoms with E-state index in [2.05, 4.69) is 4.72 Å². The Kier molecular flexibility index (Phi) is 4.23. The summed E-state index contributed by atoms with van der Waals surface area (Å²) in [5.41, 5.74) is 3.27. The Morgan fingerprint density at radius 3 is 2.38 bits per heavy atom. The van der Waals surface area contributed by atoms with Gasteiger partial charge in [0.2, 0.25) is 0 Å². The van der Waals surface area contributed by atoms with E-state index in [-0.39, 0.29) is 9.77 Å². The molecule has 3 rings (SSSR count). The van der Waals surface area contributed by atoms with Crippen LogP contribution in [0, 0.1) is 13.8 Å². The number of thiazole rings is 1. The smallest absolute Gasteiger partial charge is 0.299 e. The van der Waals surface area contributed by atoms with Gasteiger partial charge >= 0.3 is 4.87 Å². The fourth-order valence-electron chi connectivity index (χ4n) is 2.76. The van der Waals surface area contributed by atoms with Gasteiger partial charge in [-0.15, -0.1) is 0 Å². The van der Waals surface area contributed by atoms with E-state index in [4.69, 9.17) is 0 Å². The first-order chi connectivity index (χ1) is 11.3. The van der Waals surface area contributed by atoms with Crippen LogP contribution >= 0.6 is 11.3 Å². The quantitative estimate of drug-likeness (QED) is 0.772. The van der Waals surface area contributed by atoms with E-state index in [0.29, 0.717) is 16.9 Å². The number of nitrogens with zero attached hydrogens (tertiary/aromatic N) is 1. The standard InChI is InChI=1S/C17H18N2O3S2/c1-4-19-15-6-5-14(10-16(15)23-17(19)20)24(21,22)18-13-8-11(2)7-12(3)9-13/h5-10,18H,4H2,1-3H3. The molecule has 0 saturated heterocycles. The van der Waals surface area contributed by atoms with E-state index >= 15 is 0 Å². The monoisotopic (exact) mass is 362 g/mol. The van der Waals surface area contributed by atoms with Crippen molar-refractivity contribution in [1.29, 1.82) is 0 Å². The normalized spacial score (nSPS) is 11.8. The van der Waals surface area contributed by atoms with Crippen LogP contribution in [0.1, 0.15) is 18.1 Å². The molecule has 0 aliphatic heterocycles. The van der Waals surface area contributed by atoms with Gasteiger partial charge in [-0.05, 0) is 62.2 Å². The van der Waals surface area contributed by atoms with Crippen molar-refractivity contribution in [1.82, 2.24) is 4.57 Å². The van der Waals surface area contributed by atoms with Crippen molar-refractivity contribution in [3.8, 4) is 0 Å². The molecule has 0 atom stereocenters. The Morgan fingerprint density at radius 1 is 1.08 bits per heavy atom. The number of hydrogen-bond donors (Lipinski definition) is 1. The van der Waals surface area contributed by atoms with Crippen LogP contribution < -0.4 is 9.60 Å². The van der Waals surface area contributed by atoms with E-state index in [9.17, 15) is 13.2 Å². The Hall–Kier alpha value is -2.12. The molecule has 7 heteroatoms. The largest absolute Gasteiger partial charge is 0.308 e. The number of benzene rings is 2. The summed E-state index contributed by atoms with van der Waals surface area (Å²) in [5, 5.41) is 0. The Morgan fingerprint density at radius 2 is 1.75 bits per heavy atom. The summed E-state index contributed by atoms with van der Waals surface area (Å²) in [6.07, 6.45) is 0. The molecule has 2 aromatic carbocycles. The molecule has 0 spiro atoms. The van der Waals surface area contributed by atoms with Gasteiger partial charge < -0.3 is 0 Å². The van der Waals surface area contributed by atoms with Gasteiger partial charge in [-0.25, -0.2) is 8.42 Å². The van der Waals surface area contributed by atoms with Crippen molar-refractivity contribution in [2.75, 3.05) is 4.72 Å². The number of fused-ring (bicyclic) bond motifs is 1. The van der Waals surface area contributed by atoms with Crippen LogP contribution in [0.2, 0.25) is 0 Å². The lowest BCUT2D eigenvalue weighted by atomic mass is 10.1. The third-order valence-corrected chi connectivity index (χ3v) is 6.06. The fourth-order valence-corrected chi connectivity index (χ4v) is 4.90. The molecule has 0 aliphatic carbocycles. The average molecular weight is 362 g/mol. The van der Waals surface area contributed by atoms with Crippen LogP contribution in [-0.4, -0.2) is 13.0 Å². The van der Waals surface area contributed by atoms with Crippen LogP contribution in [0.15, 0.2) is 46.1 Å². The summed E-state index contributed by atoms with van der Waals surface area (Å²) < 4.78 is 30.2. The number of aryl methyl sites for hydroxylation is 3. The van der Waals surface area contributed by atoms with Crippen molar-refractivity contribution in [3.63, 3.8) is 0 Å². The zero-order valence-corrected chi connectivity index (χ0v) is 15.3. The van der Waals surface area contributed by atoms with E-state index < -0.39 is 10.0 Å². The predicted molar refractivity (Wildman–Crippen MR) is 98.5 cm³/mol. The van der Waals surface area contributed by atoms with Crippen molar-refractivity contribution < 1.29 is 8.42 Å². The molecule has 1 heterocycles. The Balaban J connectivity index is 2.03. The Bertz CT molecular complexity index is 1060. The SMILES string of the molecule is CCn1c(=O)sc2cc(S(=O)(=O)Nc3cc(C)cc(C)c3)ccc21. The van der Waals surface area contributed by atoms with Gasteiger partial charge in [0.1, 0.15) is 0 Å². The molecule has 0 fully saturated rings. The second-order valence-electron chi connectivity index (χ2n) is 5.72. The lowest BCUT2D eigenvalue weighted by molar-refractivity contribution is 0.601. The maximum absolute atomic E-state index is 12.6. The summed E-state index contributed by atoms with van der Waals surface area (Å²) >= 11 is 1.06. The molecular weight excluding hydrogens is 344 g/mol. The van der Waals surface area contributed by atoms with Gasteiger partial charge in [-0.3, -0.25) is 14.1 Å². The maximum Gasteiger partial charge on any atom is 0.308 e. The molecule has 1 N–H and O–H groups in total. The summed E-state index contributed by atoms with van der Waals surface area (Å²) in [7, 11) is -3.70. The number of aromatic nitrogens is 1. The van der Waals surface area contributed by atoms with Crippen molar-refractivity contribution >= 4 is 37.3 Å². The zero-order chi connectivity index (χ0) is 17.5. The van der Waals surface area contributed by atoms with E-state index in [1.54, 1.807) is 28.8 Å². The number of sulfonamides is 1. The number of hydrogen-bond acceptors (Lipinski definition) is 4. The molecule has 24 heavy (non-hydrogen) atoms. The highest BCUT2D eigenvalue weighted by Crippen LogP contribution is 2.24. The van der Waals surface area contributed by atoms with Crippen molar-refractivity contribution in [3.05, 3.63) is 57.2 Å². The van der Waals surface area contributed by atoms with Gasteiger partial charge in [0.15, 0.2) is 0 Å². The molecule has 1 aromatic heterocycles. The fraction of sp³-hybridized carbons (Fsp3) is 0.235. The van der Waals surface area contributed by atoms with Crippen molar-refractivity contribution in [2.24, 2.45) is 0 Å². The van der Waals surface area contributed by atoms with E-state index in [1.807, 2.05) is 26.8 Å². The molecule has 0 bridgehead atoms. The first-order valence-electron chi connectivity index (χ1n) is 7.54. The molecule has 5 nitrogen and oxygen atoms in total. The third kappa shape index (κ3) is 3.09. The lowest BCUT2D eigenvalue weighted by Gasteiger charge is -2.10. The Labute approximate surface area is 144 Å². The molecule has 3 aromatic rings. The minimum Gasteiger partial charge on any atom is -0.299 e. The number of nitrogens with one attached hydrogen (secondary N) is 1.